The summed E-state index contributed by atoms with van der Waals surface area (Å²) in [5, 5.41) is 3.01. The van der Waals surface area contributed by atoms with Crippen LogP contribution >= 0.6 is 0 Å². The molecule has 0 aromatic heterocycles. The van der Waals surface area contributed by atoms with Crippen LogP contribution in [0.3, 0.4) is 0 Å². The van der Waals surface area contributed by atoms with Crippen molar-refractivity contribution in [3.63, 3.8) is 0 Å². The van der Waals surface area contributed by atoms with Crippen molar-refractivity contribution < 1.29 is 9.13 Å². The maximum absolute atomic E-state index is 13.6. The fraction of sp³-hybridized carbons (Fsp3) is 0.200. The Balaban J connectivity index is 2.02. The summed E-state index contributed by atoms with van der Waals surface area (Å²) < 4.78 is 18.9. The van der Waals surface area contributed by atoms with E-state index in [9.17, 15) is 4.39 Å². The lowest BCUT2D eigenvalue weighted by Crippen LogP contribution is -2.04. The number of para-hydroxylation sites is 1. The number of anilines is 2. The van der Waals surface area contributed by atoms with Gasteiger partial charge in [-0.15, -0.1) is 0 Å². The topological polar surface area (TPSA) is 47.3 Å². The monoisotopic (exact) mass is 260 g/mol. The summed E-state index contributed by atoms with van der Waals surface area (Å²) >= 11 is 0. The Morgan fingerprint density at radius 1 is 1.16 bits per heavy atom. The number of benzene rings is 2. The third kappa shape index (κ3) is 3.37. The van der Waals surface area contributed by atoms with Crippen molar-refractivity contribution in [3.8, 4) is 5.75 Å². The number of rotatable bonds is 5. The SMILES string of the molecule is CCOc1ccc(CNc2c(N)cccc2F)cc1. The summed E-state index contributed by atoms with van der Waals surface area (Å²) in [5.41, 5.74) is 7.51. The van der Waals surface area contributed by atoms with Crippen LogP contribution in [0, 0.1) is 5.82 Å². The quantitative estimate of drug-likeness (QED) is 0.810. The molecule has 0 saturated heterocycles. The zero-order valence-electron chi connectivity index (χ0n) is 10.8. The van der Waals surface area contributed by atoms with E-state index in [-0.39, 0.29) is 5.82 Å². The maximum atomic E-state index is 13.6. The summed E-state index contributed by atoms with van der Waals surface area (Å²) in [4.78, 5) is 0. The number of ether oxygens (including phenoxy) is 1. The van der Waals surface area contributed by atoms with Crippen molar-refractivity contribution in [1.29, 1.82) is 0 Å². The summed E-state index contributed by atoms with van der Waals surface area (Å²) in [6, 6.07) is 12.3. The first-order valence-corrected chi connectivity index (χ1v) is 6.20. The summed E-state index contributed by atoms with van der Waals surface area (Å²) in [7, 11) is 0. The molecule has 2 rings (SSSR count). The molecule has 0 aliphatic heterocycles. The minimum atomic E-state index is -0.342. The number of halogens is 1. The Morgan fingerprint density at radius 2 is 1.89 bits per heavy atom. The molecule has 0 heterocycles. The third-order valence-corrected chi connectivity index (χ3v) is 2.75. The van der Waals surface area contributed by atoms with Gasteiger partial charge >= 0.3 is 0 Å². The Labute approximate surface area is 112 Å². The molecule has 3 N–H and O–H groups in total. The van der Waals surface area contributed by atoms with E-state index >= 15 is 0 Å². The smallest absolute Gasteiger partial charge is 0.148 e. The summed E-state index contributed by atoms with van der Waals surface area (Å²) in [6.07, 6.45) is 0. The van der Waals surface area contributed by atoms with Crippen molar-refractivity contribution >= 4 is 11.4 Å². The highest BCUT2D eigenvalue weighted by molar-refractivity contribution is 5.66. The second-order valence-electron chi connectivity index (χ2n) is 4.13. The Kier molecular flexibility index (Phi) is 4.23. The van der Waals surface area contributed by atoms with Gasteiger partial charge in [-0.25, -0.2) is 4.39 Å². The van der Waals surface area contributed by atoms with E-state index in [1.807, 2.05) is 31.2 Å². The molecule has 2 aromatic carbocycles. The number of hydrogen-bond donors (Lipinski definition) is 2. The highest BCUT2D eigenvalue weighted by Gasteiger charge is 2.05. The molecule has 0 aliphatic carbocycles. The van der Waals surface area contributed by atoms with E-state index in [1.54, 1.807) is 12.1 Å². The van der Waals surface area contributed by atoms with Crippen LogP contribution in [0.2, 0.25) is 0 Å². The van der Waals surface area contributed by atoms with Crippen molar-refractivity contribution in [2.75, 3.05) is 17.7 Å². The van der Waals surface area contributed by atoms with Gasteiger partial charge in [0, 0.05) is 6.54 Å². The normalized spacial score (nSPS) is 10.2. The first-order valence-electron chi connectivity index (χ1n) is 6.20. The Hall–Kier alpha value is -2.23. The highest BCUT2D eigenvalue weighted by Crippen LogP contribution is 2.22. The van der Waals surface area contributed by atoms with Gasteiger partial charge < -0.3 is 15.8 Å². The number of nitrogen functional groups attached to an aromatic ring is 1. The van der Waals surface area contributed by atoms with Gasteiger partial charge in [0.25, 0.3) is 0 Å². The lowest BCUT2D eigenvalue weighted by Gasteiger charge is -2.10. The molecule has 0 aliphatic rings. The standard InChI is InChI=1S/C15H17FN2O/c1-2-19-12-8-6-11(7-9-12)10-18-15-13(16)4-3-5-14(15)17/h3-9,18H,2,10,17H2,1H3. The number of hydrogen-bond acceptors (Lipinski definition) is 3. The number of nitrogens with two attached hydrogens (primary N) is 1. The van der Waals surface area contributed by atoms with Crippen LogP contribution in [-0.2, 0) is 6.54 Å². The van der Waals surface area contributed by atoms with Crippen LogP contribution < -0.4 is 15.8 Å². The molecule has 0 unspecified atom stereocenters. The molecule has 3 nitrogen and oxygen atoms in total. The van der Waals surface area contributed by atoms with Gasteiger partial charge in [0.05, 0.1) is 18.0 Å². The Bertz CT molecular complexity index is 520. The zero-order chi connectivity index (χ0) is 13.7. The van der Waals surface area contributed by atoms with E-state index in [1.165, 1.54) is 6.07 Å². The highest BCUT2D eigenvalue weighted by atomic mass is 19.1. The van der Waals surface area contributed by atoms with Crippen LogP contribution in [0.5, 0.6) is 5.75 Å². The second-order valence-corrected chi connectivity index (χ2v) is 4.13. The van der Waals surface area contributed by atoms with E-state index in [2.05, 4.69) is 5.32 Å². The van der Waals surface area contributed by atoms with Crippen LogP contribution in [0.25, 0.3) is 0 Å². The molecule has 0 atom stereocenters. The average Bonchev–Trinajstić information content (AvgIpc) is 2.40. The first kappa shape index (κ1) is 13.2. The van der Waals surface area contributed by atoms with Crippen molar-refractivity contribution in [1.82, 2.24) is 0 Å². The molecule has 100 valence electrons. The van der Waals surface area contributed by atoms with E-state index in [0.717, 1.165) is 11.3 Å². The second kappa shape index (κ2) is 6.09. The first-order chi connectivity index (χ1) is 9.20. The molecule has 0 fully saturated rings. The Morgan fingerprint density at radius 3 is 2.53 bits per heavy atom. The van der Waals surface area contributed by atoms with E-state index in [4.69, 9.17) is 10.5 Å². The van der Waals surface area contributed by atoms with Crippen molar-refractivity contribution in [2.45, 2.75) is 13.5 Å². The summed E-state index contributed by atoms with van der Waals surface area (Å²) in [5.74, 6) is 0.489. The molecule has 0 radical (unpaired) electrons. The summed E-state index contributed by atoms with van der Waals surface area (Å²) in [6.45, 7) is 3.09. The van der Waals surface area contributed by atoms with Crippen LogP contribution in [0.15, 0.2) is 42.5 Å². The third-order valence-electron chi connectivity index (χ3n) is 2.75. The largest absolute Gasteiger partial charge is 0.494 e. The zero-order valence-corrected chi connectivity index (χ0v) is 10.8. The van der Waals surface area contributed by atoms with Gasteiger partial charge in [0.1, 0.15) is 11.6 Å². The minimum absolute atomic E-state index is 0.342. The van der Waals surface area contributed by atoms with Crippen LogP contribution in [-0.4, -0.2) is 6.61 Å². The molecular formula is C15H17FN2O. The van der Waals surface area contributed by atoms with E-state index < -0.39 is 0 Å². The van der Waals surface area contributed by atoms with Gasteiger partial charge in [0.15, 0.2) is 0 Å². The van der Waals surface area contributed by atoms with E-state index in [0.29, 0.717) is 24.5 Å². The molecule has 0 saturated carbocycles. The molecule has 0 amide bonds. The fourth-order valence-electron chi connectivity index (χ4n) is 1.79. The van der Waals surface area contributed by atoms with Gasteiger partial charge in [-0.3, -0.25) is 0 Å². The lowest BCUT2D eigenvalue weighted by molar-refractivity contribution is 0.340. The minimum Gasteiger partial charge on any atom is -0.494 e. The van der Waals surface area contributed by atoms with Crippen molar-refractivity contribution in [2.24, 2.45) is 0 Å². The fourth-order valence-corrected chi connectivity index (χ4v) is 1.79. The predicted molar refractivity (Wildman–Crippen MR) is 75.8 cm³/mol. The molecule has 19 heavy (non-hydrogen) atoms. The van der Waals surface area contributed by atoms with Gasteiger partial charge in [-0.05, 0) is 36.8 Å². The molecule has 0 spiro atoms. The van der Waals surface area contributed by atoms with Gasteiger partial charge in [-0.2, -0.15) is 0 Å². The predicted octanol–water partition coefficient (Wildman–Crippen LogP) is 3.42. The molecule has 2 aromatic rings. The maximum Gasteiger partial charge on any atom is 0.148 e. The van der Waals surface area contributed by atoms with Crippen LogP contribution in [0.4, 0.5) is 15.8 Å². The van der Waals surface area contributed by atoms with Crippen LogP contribution in [0.1, 0.15) is 12.5 Å². The van der Waals surface area contributed by atoms with Gasteiger partial charge in [0.2, 0.25) is 0 Å². The van der Waals surface area contributed by atoms with Crippen molar-refractivity contribution in [3.05, 3.63) is 53.8 Å². The number of nitrogens with one attached hydrogen (secondary N) is 1. The molecule has 0 bridgehead atoms. The average molecular weight is 260 g/mol. The molecule has 4 heteroatoms. The lowest BCUT2D eigenvalue weighted by atomic mass is 10.2. The molecular weight excluding hydrogens is 243 g/mol. The van der Waals surface area contributed by atoms with Gasteiger partial charge in [-0.1, -0.05) is 18.2 Å².